The van der Waals surface area contributed by atoms with Gasteiger partial charge in [-0.25, -0.2) is 0 Å². The Hall–Kier alpha value is -1.94. The van der Waals surface area contributed by atoms with Crippen LogP contribution in [0.15, 0.2) is 30.3 Å². The van der Waals surface area contributed by atoms with Crippen LogP contribution in [0.5, 0.6) is 0 Å². The molecular weight excluding hydrogens is 264 g/mol. The number of amides is 1. The summed E-state index contributed by atoms with van der Waals surface area (Å²) in [6.45, 7) is 8.07. The van der Waals surface area contributed by atoms with Crippen LogP contribution in [0.2, 0.25) is 0 Å². The summed E-state index contributed by atoms with van der Waals surface area (Å²) in [4.78, 5) is 18.9. The van der Waals surface area contributed by atoms with Crippen LogP contribution in [0.1, 0.15) is 36.8 Å². The van der Waals surface area contributed by atoms with Crippen LogP contribution in [0.25, 0.3) is 10.9 Å². The molecule has 0 aliphatic heterocycles. The van der Waals surface area contributed by atoms with Crippen LogP contribution in [0.3, 0.4) is 0 Å². The normalized spacial score (nSPS) is 11.7. The number of nitrogens with zero attached hydrogens (tertiary/aromatic N) is 2. The summed E-state index contributed by atoms with van der Waals surface area (Å²) in [6.07, 6.45) is 0. The van der Waals surface area contributed by atoms with E-state index < -0.39 is 5.60 Å². The Labute approximate surface area is 125 Å². The number of aryl methyl sites for hydroxylation is 1. The van der Waals surface area contributed by atoms with E-state index in [0.717, 1.165) is 16.6 Å². The maximum absolute atomic E-state index is 12.8. The molecule has 0 fully saturated rings. The Morgan fingerprint density at radius 1 is 1.33 bits per heavy atom. The molecular formula is C17H22N2O2. The lowest BCUT2D eigenvalue weighted by molar-refractivity contribution is 0.0315. The van der Waals surface area contributed by atoms with Crippen LogP contribution in [0.4, 0.5) is 0 Å². The Morgan fingerprint density at radius 3 is 2.62 bits per heavy atom. The fourth-order valence-electron chi connectivity index (χ4n) is 2.45. The fraction of sp³-hybridized carbons (Fsp3) is 0.412. The van der Waals surface area contributed by atoms with E-state index in [1.54, 1.807) is 18.7 Å². The van der Waals surface area contributed by atoms with E-state index in [2.05, 4.69) is 4.98 Å². The lowest BCUT2D eigenvalue weighted by atomic mass is 10.0. The second-order valence-corrected chi connectivity index (χ2v) is 5.96. The van der Waals surface area contributed by atoms with Crippen molar-refractivity contribution in [3.63, 3.8) is 0 Å². The van der Waals surface area contributed by atoms with Crippen molar-refractivity contribution in [2.45, 2.75) is 33.3 Å². The average molecular weight is 286 g/mol. The van der Waals surface area contributed by atoms with E-state index >= 15 is 0 Å². The van der Waals surface area contributed by atoms with Gasteiger partial charge in [0.2, 0.25) is 0 Å². The first-order valence-corrected chi connectivity index (χ1v) is 7.20. The molecule has 4 nitrogen and oxygen atoms in total. The molecule has 21 heavy (non-hydrogen) atoms. The molecule has 0 aliphatic carbocycles. The number of aliphatic hydroxyl groups is 1. The minimum atomic E-state index is -0.913. The van der Waals surface area contributed by atoms with Gasteiger partial charge < -0.3 is 10.0 Å². The van der Waals surface area contributed by atoms with Gasteiger partial charge in [0.1, 0.15) is 0 Å². The van der Waals surface area contributed by atoms with Gasteiger partial charge in [0.05, 0.1) is 16.7 Å². The second-order valence-electron chi connectivity index (χ2n) is 5.96. The summed E-state index contributed by atoms with van der Waals surface area (Å²) in [7, 11) is 0. The summed E-state index contributed by atoms with van der Waals surface area (Å²) in [5, 5.41) is 10.8. The SMILES string of the molecule is CCN(CC(C)(C)O)C(=O)c1cc(C)nc2ccccc12. The molecule has 0 radical (unpaired) electrons. The summed E-state index contributed by atoms with van der Waals surface area (Å²) in [5.74, 6) is -0.0682. The lowest BCUT2D eigenvalue weighted by Gasteiger charge is -2.28. The fourth-order valence-corrected chi connectivity index (χ4v) is 2.45. The molecule has 112 valence electrons. The summed E-state index contributed by atoms with van der Waals surface area (Å²) >= 11 is 0. The molecule has 0 spiro atoms. The molecule has 4 heteroatoms. The van der Waals surface area contributed by atoms with Crippen molar-refractivity contribution in [1.29, 1.82) is 0 Å². The van der Waals surface area contributed by atoms with Crippen molar-refractivity contribution in [2.75, 3.05) is 13.1 Å². The number of carbonyl (C=O) groups excluding carboxylic acids is 1. The predicted octanol–water partition coefficient (Wildman–Crippen LogP) is 2.78. The highest BCUT2D eigenvalue weighted by Gasteiger charge is 2.23. The first kappa shape index (κ1) is 15.4. The molecule has 0 bridgehead atoms. The largest absolute Gasteiger partial charge is 0.389 e. The van der Waals surface area contributed by atoms with Gasteiger partial charge in [-0.15, -0.1) is 0 Å². The predicted molar refractivity (Wildman–Crippen MR) is 84.4 cm³/mol. The van der Waals surface area contributed by atoms with Gasteiger partial charge in [0, 0.05) is 24.2 Å². The number of fused-ring (bicyclic) bond motifs is 1. The van der Waals surface area contributed by atoms with Gasteiger partial charge in [-0.2, -0.15) is 0 Å². The minimum Gasteiger partial charge on any atom is -0.389 e. The van der Waals surface area contributed by atoms with E-state index in [-0.39, 0.29) is 5.91 Å². The van der Waals surface area contributed by atoms with Crippen LogP contribution < -0.4 is 0 Å². The van der Waals surface area contributed by atoms with Crippen LogP contribution in [0, 0.1) is 6.92 Å². The van der Waals surface area contributed by atoms with Gasteiger partial charge >= 0.3 is 0 Å². The summed E-state index contributed by atoms with van der Waals surface area (Å²) in [6, 6.07) is 9.45. The van der Waals surface area contributed by atoms with Crippen molar-refractivity contribution in [3.05, 3.63) is 41.6 Å². The van der Waals surface area contributed by atoms with E-state index in [1.807, 2.05) is 44.2 Å². The zero-order valence-electron chi connectivity index (χ0n) is 13.1. The molecule has 2 aromatic rings. The zero-order valence-corrected chi connectivity index (χ0v) is 13.1. The number of pyridine rings is 1. The highest BCUT2D eigenvalue weighted by molar-refractivity contribution is 6.06. The lowest BCUT2D eigenvalue weighted by Crippen LogP contribution is -2.42. The van der Waals surface area contributed by atoms with Crippen molar-refractivity contribution >= 4 is 16.8 Å². The number of para-hydroxylation sites is 1. The Kier molecular flexibility index (Phi) is 4.28. The zero-order chi connectivity index (χ0) is 15.6. The minimum absolute atomic E-state index is 0.0682. The molecule has 1 aromatic heterocycles. The maximum atomic E-state index is 12.8. The van der Waals surface area contributed by atoms with Gasteiger partial charge in [-0.1, -0.05) is 18.2 Å². The monoisotopic (exact) mass is 286 g/mol. The van der Waals surface area contributed by atoms with Crippen molar-refractivity contribution < 1.29 is 9.90 Å². The van der Waals surface area contributed by atoms with Crippen molar-refractivity contribution in [2.24, 2.45) is 0 Å². The smallest absolute Gasteiger partial charge is 0.254 e. The molecule has 1 aromatic carbocycles. The number of likely N-dealkylation sites (N-methyl/N-ethyl adjacent to an activating group) is 1. The third-order valence-corrected chi connectivity index (χ3v) is 3.32. The van der Waals surface area contributed by atoms with Gasteiger partial charge in [0.25, 0.3) is 5.91 Å². The van der Waals surface area contributed by atoms with E-state index in [4.69, 9.17) is 0 Å². The van der Waals surface area contributed by atoms with Crippen LogP contribution >= 0.6 is 0 Å². The Bertz CT molecular complexity index is 659. The average Bonchev–Trinajstić information content (AvgIpc) is 2.42. The van der Waals surface area contributed by atoms with Crippen LogP contribution in [-0.4, -0.2) is 39.6 Å². The standard InChI is InChI=1S/C17H22N2O2/c1-5-19(11-17(3,4)21)16(20)14-10-12(2)18-15-9-7-6-8-13(14)15/h6-10,21H,5,11H2,1-4H3. The number of hydrogen-bond acceptors (Lipinski definition) is 3. The molecule has 0 saturated heterocycles. The van der Waals surface area contributed by atoms with Gasteiger partial charge in [-0.05, 0) is 39.8 Å². The molecule has 0 aliphatic rings. The highest BCUT2D eigenvalue weighted by Crippen LogP contribution is 2.20. The third kappa shape index (κ3) is 3.58. The quantitative estimate of drug-likeness (QED) is 0.940. The first-order valence-electron chi connectivity index (χ1n) is 7.20. The van der Waals surface area contributed by atoms with Crippen molar-refractivity contribution in [1.82, 2.24) is 9.88 Å². The molecule has 0 saturated carbocycles. The number of carbonyl (C=O) groups is 1. The molecule has 0 unspecified atom stereocenters. The Balaban J connectivity index is 2.47. The molecule has 1 heterocycles. The summed E-state index contributed by atoms with van der Waals surface area (Å²) in [5.41, 5.74) is 1.37. The van der Waals surface area contributed by atoms with Crippen LogP contribution in [-0.2, 0) is 0 Å². The van der Waals surface area contributed by atoms with E-state index in [0.29, 0.717) is 18.7 Å². The third-order valence-electron chi connectivity index (χ3n) is 3.32. The highest BCUT2D eigenvalue weighted by atomic mass is 16.3. The molecule has 1 N–H and O–H groups in total. The van der Waals surface area contributed by atoms with E-state index in [1.165, 1.54) is 0 Å². The van der Waals surface area contributed by atoms with Gasteiger partial charge in [-0.3, -0.25) is 9.78 Å². The summed E-state index contributed by atoms with van der Waals surface area (Å²) < 4.78 is 0. The van der Waals surface area contributed by atoms with Crippen molar-refractivity contribution in [3.8, 4) is 0 Å². The number of benzene rings is 1. The topological polar surface area (TPSA) is 53.4 Å². The molecule has 0 atom stereocenters. The number of aromatic nitrogens is 1. The number of rotatable bonds is 4. The van der Waals surface area contributed by atoms with E-state index in [9.17, 15) is 9.90 Å². The molecule has 2 rings (SSSR count). The number of hydrogen-bond donors (Lipinski definition) is 1. The Morgan fingerprint density at radius 2 is 2.00 bits per heavy atom. The van der Waals surface area contributed by atoms with Gasteiger partial charge in [0.15, 0.2) is 0 Å². The maximum Gasteiger partial charge on any atom is 0.254 e. The second kappa shape index (κ2) is 5.82. The molecule has 1 amide bonds. The first-order chi connectivity index (χ1) is 9.81.